The Hall–Kier alpha value is -2.95. The highest BCUT2D eigenvalue weighted by molar-refractivity contribution is 6.00. The Morgan fingerprint density at radius 2 is 1.74 bits per heavy atom. The average Bonchev–Trinajstić information content (AvgIpc) is 2.59. The normalized spacial score (nSPS) is 10.7. The number of rotatable bonds is 5. The summed E-state index contributed by atoms with van der Waals surface area (Å²) in [6.07, 6.45) is 0.991. The summed E-state index contributed by atoms with van der Waals surface area (Å²) in [5.41, 5.74) is 3.06. The number of hydrogen-bond acceptors (Lipinski definition) is 4. The molecule has 1 heterocycles. The van der Waals surface area contributed by atoms with Gasteiger partial charge in [0.2, 0.25) is 0 Å². The number of aliphatic carboxylic acids is 1. The van der Waals surface area contributed by atoms with Gasteiger partial charge in [-0.3, -0.25) is 4.79 Å². The monoisotopic (exact) mass is 307 g/mol. The molecular weight excluding hydrogens is 290 g/mol. The Balaban J connectivity index is 2.08. The molecule has 0 amide bonds. The highest BCUT2D eigenvalue weighted by Gasteiger charge is 2.11. The van der Waals surface area contributed by atoms with Crippen molar-refractivity contribution in [2.24, 2.45) is 0 Å². The van der Waals surface area contributed by atoms with Crippen LogP contribution in [-0.4, -0.2) is 27.8 Å². The molecule has 0 saturated heterocycles. The van der Waals surface area contributed by atoms with E-state index in [4.69, 9.17) is 5.11 Å². The van der Waals surface area contributed by atoms with Crippen LogP contribution in [0.3, 0.4) is 0 Å². The van der Waals surface area contributed by atoms with Gasteiger partial charge in [-0.1, -0.05) is 55.5 Å². The minimum absolute atomic E-state index is 0.191. The van der Waals surface area contributed by atoms with Gasteiger partial charge in [-0.05, 0) is 12.0 Å². The third kappa shape index (κ3) is 3.13. The second-order valence-corrected chi connectivity index (χ2v) is 5.24. The number of benzene rings is 2. The van der Waals surface area contributed by atoms with Gasteiger partial charge in [-0.2, -0.15) is 0 Å². The summed E-state index contributed by atoms with van der Waals surface area (Å²) in [6.45, 7) is 1.93. The summed E-state index contributed by atoms with van der Waals surface area (Å²) in [7, 11) is 0. The molecule has 0 aliphatic rings. The quantitative estimate of drug-likeness (QED) is 0.756. The molecule has 0 saturated carbocycles. The van der Waals surface area contributed by atoms with Crippen molar-refractivity contribution in [2.75, 3.05) is 11.9 Å². The number of hydrogen-bond donors (Lipinski definition) is 2. The SMILES string of the molecule is CCc1ccc(-c2nnc(NCC(=O)O)c3ccccc23)cc1. The van der Waals surface area contributed by atoms with E-state index in [0.29, 0.717) is 5.82 Å². The number of fused-ring (bicyclic) bond motifs is 1. The zero-order chi connectivity index (χ0) is 16.2. The maximum Gasteiger partial charge on any atom is 0.322 e. The van der Waals surface area contributed by atoms with Gasteiger partial charge < -0.3 is 10.4 Å². The summed E-state index contributed by atoms with van der Waals surface area (Å²) in [4.78, 5) is 10.7. The van der Waals surface area contributed by atoms with Crippen molar-refractivity contribution in [3.8, 4) is 11.3 Å². The molecule has 5 heteroatoms. The minimum Gasteiger partial charge on any atom is -0.480 e. The highest BCUT2D eigenvalue weighted by Crippen LogP contribution is 2.29. The van der Waals surface area contributed by atoms with Crippen molar-refractivity contribution in [3.05, 3.63) is 54.1 Å². The molecule has 0 fully saturated rings. The van der Waals surface area contributed by atoms with E-state index in [0.717, 1.165) is 28.5 Å². The Morgan fingerprint density at radius 1 is 1.04 bits per heavy atom. The molecule has 0 unspecified atom stereocenters. The number of aryl methyl sites for hydroxylation is 1. The molecule has 0 aliphatic carbocycles. The summed E-state index contributed by atoms with van der Waals surface area (Å²) in [6, 6.07) is 16.0. The van der Waals surface area contributed by atoms with Gasteiger partial charge in [0.25, 0.3) is 0 Å². The van der Waals surface area contributed by atoms with Crippen LogP contribution in [0.25, 0.3) is 22.0 Å². The van der Waals surface area contributed by atoms with Crippen molar-refractivity contribution in [1.29, 1.82) is 0 Å². The third-order valence-corrected chi connectivity index (χ3v) is 3.73. The Bertz CT molecular complexity index is 845. The van der Waals surface area contributed by atoms with Gasteiger partial charge in [0.15, 0.2) is 5.82 Å². The van der Waals surface area contributed by atoms with Gasteiger partial charge in [-0.15, -0.1) is 10.2 Å². The van der Waals surface area contributed by atoms with Crippen molar-refractivity contribution in [1.82, 2.24) is 10.2 Å². The lowest BCUT2D eigenvalue weighted by Gasteiger charge is -2.10. The second kappa shape index (κ2) is 6.44. The van der Waals surface area contributed by atoms with Gasteiger partial charge in [0, 0.05) is 16.3 Å². The van der Waals surface area contributed by atoms with Crippen LogP contribution in [0, 0.1) is 0 Å². The number of carbonyl (C=O) groups is 1. The van der Waals surface area contributed by atoms with Crippen LogP contribution in [0.15, 0.2) is 48.5 Å². The molecule has 3 rings (SSSR count). The maximum absolute atomic E-state index is 10.7. The fourth-order valence-electron chi connectivity index (χ4n) is 2.51. The van der Waals surface area contributed by atoms with Gasteiger partial charge in [0.05, 0.1) is 0 Å². The molecule has 0 radical (unpaired) electrons. The predicted molar refractivity (Wildman–Crippen MR) is 90.5 cm³/mol. The van der Waals surface area contributed by atoms with Crippen LogP contribution in [0.2, 0.25) is 0 Å². The third-order valence-electron chi connectivity index (χ3n) is 3.73. The summed E-state index contributed by atoms with van der Waals surface area (Å²) < 4.78 is 0. The number of carboxylic acid groups (broad SMARTS) is 1. The lowest BCUT2D eigenvalue weighted by Crippen LogP contribution is -2.14. The first-order valence-corrected chi connectivity index (χ1v) is 7.49. The van der Waals surface area contributed by atoms with Crippen LogP contribution >= 0.6 is 0 Å². The maximum atomic E-state index is 10.7. The van der Waals surface area contributed by atoms with Crippen LogP contribution < -0.4 is 5.32 Å². The molecule has 116 valence electrons. The first-order valence-electron chi connectivity index (χ1n) is 7.49. The molecule has 0 atom stereocenters. The zero-order valence-electron chi connectivity index (χ0n) is 12.8. The Labute approximate surface area is 134 Å². The lowest BCUT2D eigenvalue weighted by molar-refractivity contribution is -0.134. The van der Waals surface area contributed by atoms with E-state index in [9.17, 15) is 4.79 Å². The van der Waals surface area contributed by atoms with Gasteiger partial charge in [0.1, 0.15) is 12.2 Å². The van der Waals surface area contributed by atoms with Crippen molar-refractivity contribution in [2.45, 2.75) is 13.3 Å². The smallest absolute Gasteiger partial charge is 0.322 e. The zero-order valence-corrected chi connectivity index (χ0v) is 12.8. The van der Waals surface area contributed by atoms with Gasteiger partial charge in [-0.25, -0.2) is 0 Å². The molecule has 0 aliphatic heterocycles. The summed E-state index contributed by atoms with van der Waals surface area (Å²) >= 11 is 0. The molecule has 5 nitrogen and oxygen atoms in total. The highest BCUT2D eigenvalue weighted by atomic mass is 16.4. The van der Waals surface area contributed by atoms with Crippen LogP contribution in [0.1, 0.15) is 12.5 Å². The summed E-state index contributed by atoms with van der Waals surface area (Å²) in [5, 5.41) is 21.9. The fourth-order valence-corrected chi connectivity index (χ4v) is 2.51. The topological polar surface area (TPSA) is 75.1 Å². The number of anilines is 1. The van der Waals surface area contributed by atoms with E-state index in [2.05, 4.69) is 34.6 Å². The Kier molecular flexibility index (Phi) is 4.19. The predicted octanol–water partition coefficient (Wildman–Crippen LogP) is 3.36. The molecular formula is C18H17N3O2. The van der Waals surface area contributed by atoms with Crippen molar-refractivity contribution >= 4 is 22.6 Å². The van der Waals surface area contributed by atoms with Crippen LogP contribution in [0.5, 0.6) is 0 Å². The molecule has 1 aromatic heterocycles. The lowest BCUT2D eigenvalue weighted by atomic mass is 10.0. The molecule has 2 aromatic carbocycles. The molecule has 3 aromatic rings. The van der Waals surface area contributed by atoms with E-state index in [-0.39, 0.29) is 6.54 Å². The average molecular weight is 307 g/mol. The fraction of sp³-hybridized carbons (Fsp3) is 0.167. The minimum atomic E-state index is -0.935. The largest absolute Gasteiger partial charge is 0.480 e. The first kappa shape index (κ1) is 15.0. The number of carboxylic acids is 1. The van der Waals surface area contributed by atoms with E-state index in [1.54, 1.807) is 0 Å². The molecule has 23 heavy (non-hydrogen) atoms. The van der Waals surface area contributed by atoms with E-state index in [1.165, 1.54) is 5.56 Å². The number of nitrogens with one attached hydrogen (secondary N) is 1. The number of aromatic nitrogens is 2. The van der Waals surface area contributed by atoms with E-state index < -0.39 is 5.97 Å². The molecule has 2 N–H and O–H groups in total. The first-order chi connectivity index (χ1) is 11.2. The van der Waals surface area contributed by atoms with Gasteiger partial charge >= 0.3 is 5.97 Å². The standard InChI is InChI=1S/C18H17N3O2/c1-2-12-7-9-13(10-8-12)17-14-5-3-4-6-15(14)18(21-20-17)19-11-16(22)23/h3-10H,2,11H2,1H3,(H,19,21)(H,22,23). The van der Waals surface area contributed by atoms with Crippen LogP contribution in [-0.2, 0) is 11.2 Å². The molecule has 0 bridgehead atoms. The molecule has 0 spiro atoms. The van der Waals surface area contributed by atoms with Crippen molar-refractivity contribution in [3.63, 3.8) is 0 Å². The van der Waals surface area contributed by atoms with Crippen molar-refractivity contribution < 1.29 is 9.90 Å². The van der Waals surface area contributed by atoms with E-state index >= 15 is 0 Å². The van der Waals surface area contributed by atoms with Crippen LogP contribution in [0.4, 0.5) is 5.82 Å². The number of nitrogens with zero attached hydrogens (tertiary/aromatic N) is 2. The second-order valence-electron chi connectivity index (χ2n) is 5.24. The van der Waals surface area contributed by atoms with E-state index in [1.807, 2.05) is 36.4 Å². The summed E-state index contributed by atoms with van der Waals surface area (Å²) in [5.74, 6) is -0.452. The Morgan fingerprint density at radius 3 is 2.39 bits per heavy atom.